The third-order valence-electron chi connectivity index (χ3n) is 4.55. The molecule has 1 N–H and O–H groups in total. The van der Waals surface area contributed by atoms with Crippen molar-refractivity contribution in [2.24, 2.45) is 4.99 Å². The van der Waals surface area contributed by atoms with E-state index in [0.29, 0.717) is 5.35 Å². The minimum Gasteiger partial charge on any atom is -0.357 e. The van der Waals surface area contributed by atoms with Crippen molar-refractivity contribution in [1.29, 1.82) is 0 Å². The first kappa shape index (κ1) is 18.4. The summed E-state index contributed by atoms with van der Waals surface area (Å²) in [5.74, 6) is 1.33. The van der Waals surface area contributed by atoms with Crippen LogP contribution in [0.5, 0.6) is 0 Å². The molecule has 26 heavy (non-hydrogen) atoms. The third kappa shape index (κ3) is 3.07. The van der Waals surface area contributed by atoms with Crippen LogP contribution in [0.2, 0.25) is 0 Å². The lowest BCUT2D eigenvalue weighted by molar-refractivity contribution is -0.198. The molecule has 2 aliphatic rings. The van der Waals surface area contributed by atoms with Gasteiger partial charge in [-0.15, -0.1) is 6.42 Å². The summed E-state index contributed by atoms with van der Waals surface area (Å²) >= 11 is 0. The van der Waals surface area contributed by atoms with E-state index in [4.69, 9.17) is 20.6 Å². The normalized spacial score (nSPS) is 30.9. The predicted octanol–water partition coefficient (Wildman–Crippen LogP) is -0.106. The number of carbonyl (C=O) groups is 1. The Balaban J connectivity index is 2.01. The molecule has 2 saturated heterocycles. The van der Waals surface area contributed by atoms with Gasteiger partial charge in [0.25, 0.3) is 5.91 Å². The van der Waals surface area contributed by atoms with Crippen LogP contribution in [0.4, 0.5) is 0 Å². The van der Waals surface area contributed by atoms with Crippen molar-refractivity contribution in [3.05, 3.63) is 22.8 Å². The van der Waals surface area contributed by atoms with E-state index in [2.05, 4.69) is 22.8 Å². The Kier molecular flexibility index (Phi) is 4.76. The summed E-state index contributed by atoms with van der Waals surface area (Å²) in [5, 5.41) is 4.16. The summed E-state index contributed by atoms with van der Waals surface area (Å²) < 4.78 is 19.8. The van der Waals surface area contributed by atoms with Crippen LogP contribution in [0.15, 0.2) is 17.3 Å². The first-order chi connectivity index (χ1) is 12.3. The van der Waals surface area contributed by atoms with Gasteiger partial charge in [0, 0.05) is 29.5 Å². The maximum absolute atomic E-state index is 12.2. The van der Waals surface area contributed by atoms with E-state index in [1.165, 1.54) is 6.21 Å². The second-order valence-corrected chi connectivity index (χ2v) is 6.72. The molecule has 3 heterocycles. The van der Waals surface area contributed by atoms with Crippen molar-refractivity contribution in [3.8, 4) is 12.3 Å². The Labute approximate surface area is 152 Å². The van der Waals surface area contributed by atoms with Crippen LogP contribution in [0.25, 0.3) is 12.3 Å². The number of fused-ring (bicyclic) bond motifs is 1. The van der Waals surface area contributed by atoms with E-state index in [1.54, 1.807) is 7.05 Å². The number of terminal acetylenes is 1. The zero-order valence-electron chi connectivity index (χ0n) is 15.4. The summed E-state index contributed by atoms with van der Waals surface area (Å²) in [6.07, 6.45) is 6.24. The van der Waals surface area contributed by atoms with Crippen molar-refractivity contribution in [3.63, 3.8) is 0 Å². The van der Waals surface area contributed by atoms with Gasteiger partial charge in [0.1, 0.15) is 12.2 Å². The van der Waals surface area contributed by atoms with Gasteiger partial charge < -0.3 is 24.1 Å². The molecule has 7 heteroatoms. The Hall–Kier alpha value is -2.40. The molecule has 7 nitrogen and oxygen atoms in total. The molecule has 0 bridgehead atoms. The van der Waals surface area contributed by atoms with Crippen molar-refractivity contribution in [1.82, 2.24) is 9.88 Å². The van der Waals surface area contributed by atoms with Gasteiger partial charge in [-0.25, -0.2) is 0 Å². The highest BCUT2D eigenvalue weighted by Gasteiger charge is 2.57. The second-order valence-electron chi connectivity index (χ2n) is 6.72. The molecule has 0 unspecified atom stereocenters. The van der Waals surface area contributed by atoms with Crippen LogP contribution in [0, 0.1) is 12.3 Å². The van der Waals surface area contributed by atoms with E-state index >= 15 is 0 Å². The molecule has 0 spiro atoms. The van der Waals surface area contributed by atoms with Gasteiger partial charge in [-0.3, -0.25) is 9.79 Å². The monoisotopic (exact) mass is 357 g/mol. The highest BCUT2D eigenvalue weighted by molar-refractivity contribution is 5.81. The average molecular weight is 357 g/mol. The van der Waals surface area contributed by atoms with Gasteiger partial charge in [-0.2, -0.15) is 0 Å². The standard InChI is InChI=1S/C19H23N3O4/c1-7-9-21-11(2)13-8-10-22(12(13)3)18-16-14(25-19(4,5)26-16)15(24-18)17(23)20-6/h1,8-10,14-16,18H,3H2,2,4-6H3,(H,20,23)/b13-11-,21-9-/t14-,15+,16-,18-/m1/s1. The number of hydrogen-bond donors (Lipinski definition) is 1. The molecule has 0 aliphatic carbocycles. The molecule has 138 valence electrons. The lowest BCUT2D eigenvalue weighted by atomic mass is 10.1. The molecular formula is C19H23N3O4. The summed E-state index contributed by atoms with van der Waals surface area (Å²) in [6.45, 7) is 9.63. The summed E-state index contributed by atoms with van der Waals surface area (Å²) in [7, 11) is 1.57. The lowest BCUT2D eigenvalue weighted by Crippen LogP contribution is -2.41. The van der Waals surface area contributed by atoms with Crippen LogP contribution >= 0.6 is 0 Å². The van der Waals surface area contributed by atoms with Crippen LogP contribution in [-0.4, -0.2) is 47.8 Å². The molecule has 2 fully saturated rings. The fourth-order valence-electron chi connectivity index (χ4n) is 3.41. The second kappa shape index (κ2) is 6.72. The molecular weight excluding hydrogens is 334 g/mol. The minimum atomic E-state index is -0.792. The summed E-state index contributed by atoms with van der Waals surface area (Å²) in [6, 6.07) is 1.89. The van der Waals surface area contributed by atoms with Gasteiger partial charge in [0.05, 0.1) is 6.21 Å². The van der Waals surface area contributed by atoms with Crippen molar-refractivity contribution >= 4 is 24.4 Å². The molecule has 1 aromatic heterocycles. The summed E-state index contributed by atoms with van der Waals surface area (Å²) in [4.78, 5) is 16.4. The van der Waals surface area contributed by atoms with Gasteiger partial charge in [-0.05, 0) is 26.8 Å². The van der Waals surface area contributed by atoms with Crippen LogP contribution in [0.3, 0.4) is 0 Å². The number of nitrogens with zero attached hydrogens (tertiary/aromatic N) is 2. The Morgan fingerprint density at radius 3 is 2.81 bits per heavy atom. The van der Waals surface area contributed by atoms with E-state index in [1.807, 2.05) is 37.6 Å². The molecule has 4 atom stereocenters. The van der Waals surface area contributed by atoms with Crippen LogP contribution in [0.1, 0.15) is 27.0 Å². The van der Waals surface area contributed by atoms with Gasteiger partial charge in [-0.1, -0.05) is 12.5 Å². The number of hydrogen-bond acceptors (Lipinski definition) is 5. The number of amides is 1. The SMILES string of the molecule is C#C/C=N\C(C)=c1\ccn([C@@H]2O[C@H](C(=O)NC)[C@H]3OC(C)(C)O[C@H]32)c1=C. The zero-order valence-corrected chi connectivity index (χ0v) is 15.4. The zero-order chi connectivity index (χ0) is 19.1. The molecule has 2 aliphatic heterocycles. The van der Waals surface area contributed by atoms with E-state index in [9.17, 15) is 4.79 Å². The van der Waals surface area contributed by atoms with Crippen LogP contribution < -0.4 is 15.9 Å². The van der Waals surface area contributed by atoms with Gasteiger partial charge in [0.2, 0.25) is 0 Å². The van der Waals surface area contributed by atoms with Crippen molar-refractivity contribution < 1.29 is 19.0 Å². The number of likely N-dealkylation sites (N-methyl/N-ethyl adjacent to an activating group) is 1. The number of ether oxygens (including phenoxy) is 3. The molecule has 1 amide bonds. The molecule has 0 aromatic carbocycles. The number of carbonyl (C=O) groups excluding carboxylic acids is 1. The Bertz CT molecular complexity index is 893. The van der Waals surface area contributed by atoms with E-state index in [-0.39, 0.29) is 5.91 Å². The van der Waals surface area contributed by atoms with Gasteiger partial charge in [0.15, 0.2) is 18.1 Å². The summed E-state index contributed by atoms with van der Waals surface area (Å²) in [5.41, 5.74) is 0.744. The molecule has 0 saturated carbocycles. The molecule has 3 rings (SSSR count). The minimum absolute atomic E-state index is 0.247. The van der Waals surface area contributed by atoms with Gasteiger partial charge >= 0.3 is 0 Å². The smallest absolute Gasteiger partial charge is 0.251 e. The number of rotatable bonds is 3. The lowest BCUT2D eigenvalue weighted by Gasteiger charge is -2.24. The molecule has 1 aromatic rings. The van der Waals surface area contributed by atoms with Crippen LogP contribution in [-0.2, 0) is 19.0 Å². The highest BCUT2D eigenvalue weighted by Crippen LogP contribution is 2.42. The number of aromatic nitrogens is 1. The molecule has 0 radical (unpaired) electrons. The van der Waals surface area contributed by atoms with Crippen molar-refractivity contribution in [2.45, 2.75) is 51.1 Å². The number of aliphatic imine (C=N–C) groups is 1. The number of nitrogens with one attached hydrogen (secondary N) is 1. The third-order valence-corrected chi connectivity index (χ3v) is 4.55. The maximum Gasteiger partial charge on any atom is 0.251 e. The van der Waals surface area contributed by atoms with E-state index in [0.717, 1.165) is 10.9 Å². The largest absolute Gasteiger partial charge is 0.357 e. The maximum atomic E-state index is 12.2. The average Bonchev–Trinajstić information content (AvgIpc) is 3.22. The quantitative estimate of drug-likeness (QED) is 0.605. The first-order valence-electron chi connectivity index (χ1n) is 8.37. The highest BCUT2D eigenvalue weighted by atomic mass is 16.8. The van der Waals surface area contributed by atoms with E-state index < -0.39 is 30.3 Å². The fourth-order valence-corrected chi connectivity index (χ4v) is 3.41. The Morgan fingerprint density at radius 2 is 2.15 bits per heavy atom. The topological polar surface area (TPSA) is 74.1 Å². The van der Waals surface area contributed by atoms with Crippen molar-refractivity contribution in [2.75, 3.05) is 7.05 Å². The fraction of sp³-hybridized carbons (Fsp3) is 0.474. The predicted molar refractivity (Wildman–Crippen MR) is 97.4 cm³/mol. The first-order valence-corrected chi connectivity index (χ1v) is 8.37. The Morgan fingerprint density at radius 1 is 1.46 bits per heavy atom.